The highest BCUT2D eigenvalue weighted by Crippen LogP contribution is 2.23. The fourth-order valence-corrected chi connectivity index (χ4v) is 2.47. The molecule has 1 fully saturated rings. The van der Waals surface area contributed by atoms with Crippen LogP contribution in [-0.4, -0.2) is 54.4 Å². The molecule has 0 N–H and O–H groups in total. The van der Waals surface area contributed by atoms with Gasteiger partial charge in [0.05, 0.1) is 6.10 Å². The quantitative estimate of drug-likeness (QED) is 0.832. The molecule has 0 unspecified atom stereocenters. The summed E-state index contributed by atoms with van der Waals surface area (Å²) in [5.74, 6) is -0.597. The largest absolute Gasteiger partial charge is 0.482 e. The molecule has 0 radical (unpaired) electrons. The van der Waals surface area contributed by atoms with Crippen LogP contribution in [0.5, 0.6) is 5.75 Å². The highest BCUT2D eigenvalue weighted by atomic mass is 19.4. The minimum atomic E-state index is -4.47. The predicted molar refractivity (Wildman–Crippen MR) is 76.3 cm³/mol. The maximum atomic E-state index is 12.5. The number of aromatic nitrogens is 1. The van der Waals surface area contributed by atoms with Crippen molar-refractivity contribution in [1.29, 1.82) is 0 Å². The number of nitrogens with zero attached hydrogens (tertiary/aromatic N) is 2. The van der Waals surface area contributed by atoms with Gasteiger partial charge in [-0.3, -0.25) is 4.79 Å². The van der Waals surface area contributed by atoms with Crippen LogP contribution in [-0.2, 0) is 4.74 Å². The van der Waals surface area contributed by atoms with Gasteiger partial charge < -0.3 is 14.4 Å². The van der Waals surface area contributed by atoms with Crippen LogP contribution in [0.25, 0.3) is 0 Å². The van der Waals surface area contributed by atoms with Crippen molar-refractivity contribution < 1.29 is 27.4 Å². The first kappa shape index (κ1) is 17.5. The summed E-state index contributed by atoms with van der Waals surface area (Å²) >= 11 is 0. The van der Waals surface area contributed by atoms with E-state index in [-0.39, 0.29) is 17.5 Å². The summed E-state index contributed by atoms with van der Waals surface area (Å²) in [6.07, 6.45) is -1.53. The number of piperidine rings is 1. The van der Waals surface area contributed by atoms with Gasteiger partial charge in [0, 0.05) is 25.9 Å². The van der Waals surface area contributed by atoms with Gasteiger partial charge in [0.25, 0.3) is 5.91 Å². The van der Waals surface area contributed by atoms with Gasteiger partial charge in [0.15, 0.2) is 18.1 Å². The second kappa shape index (κ2) is 7.63. The molecule has 0 saturated carbocycles. The average molecular weight is 332 g/mol. The van der Waals surface area contributed by atoms with Crippen molar-refractivity contribution in [2.45, 2.75) is 32.0 Å². The van der Waals surface area contributed by atoms with Crippen molar-refractivity contribution in [3.63, 3.8) is 0 Å². The van der Waals surface area contributed by atoms with Crippen molar-refractivity contribution >= 4 is 5.91 Å². The molecule has 0 aromatic carbocycles. The minimum Gasteiger partial charge on any atom is -0.482 e. The number of ether oxygens (including phenoxy) is 2. The number of carbonyl (C=O) groups excluding carboxylic acids is 1. The summed E-state index contributed by atoms with van der Waals surface area (Å²) < 4.78 is 47.2. The summed E-state index contributed by atoms with van der Waals surface area (Å²) in [7, 11) is 0. The summed E-state index contributed by atoms with van der Waals surface area (Å²) in [5, 5.41) is 0. The molecule has 1 amide bonds. The molecule has 5 nitrogen and oxygen atoms in total. The van der Waals surface area contributed by atoms with Gasteiger partial charge in [-0.15, -0.1) is 0 Å². The van der Waals surface area contributed by atoms with Crippen molar-refractivity contribution in [2.75, 3.05) is 26.3 Å². The van der Waals surface area contributed by atoms with E-state index in [0.29, 0.717) is 19.7 Å². The Kier molecular flexibility index (Phi) is 5.81. The molecule has 1 aliphatic heterocycles. The Hall–Kier alpha value is -1.83. The summed E-state index contributed by atoms with van der Waals surface area (Å²) in [4.78, 5) is 18.0. The van der Waals surface area contributed by atoms with E-state index in [9.17, 15) is 18.0 Å². The predicted octanol–water partition coefficient (Wildman–Crippen LogP) is 2.66. The molecule has 0 aliphatic carbocycles. The van der Waals surface area contributed by atoms with Crippen molar-refractivity contribution in [3.8, 4) is 5.75 Å². The SMILES string of the molecule is CCO[C@@H]1CCCN(C(=O)c2ncccc2OCC(F)(F)F)C1. The first-order valence-corrected chi connectivity index (χ1v) is 7.46. The zero-order valence-electron chi connectivity index (χ0n) is 12.8. The number of carbonyl (C=O) groups is 1. The first-order valence-electron chi connectivity index (χ1n) is 7.46. The third-order valence-corrected chi connectivity index (χ3v) is 3.43. The summed E-state index contributed by atoms with van der Waals surface area (Å²) in [6, 6.07) is 2.75. The first-order chi connectivity index (χ1) is 10.9. The molecule has 8 heteroatoms. The van der Waals surface area contributed by atoms with Crippen LogP contribution in [0.15, 0.2) is 18.3 Å². The van der Waals surface area contributed by atoms with Gasteiger partial charge in [-0.1, -0.05) is 0 Å². The van der Waals surface area contributed by atoms with Crippen LogP contribution in [0.3, 0.4) is 0 Å². The molecule has 2 heterocycles. The molecule has 1 aromatic heterocycles. The van der Waals surface area contributed by atoms with E-state index in [1.807, 2.05) is 6.92 Å². The highest BCUT2D eigenvalue weighted by molar-refractivity contribution is 5.95. The van der Waals surface area contributed by atoms with E-state index >= 15 is 0 Å². The second-order valence-electron chi connectivity index (χ2n) is 5.22. The maximum Gasteiger partial charge on any atom is 0.422 e. The van der Waals surface area contributed by atoms with Gasteiger partial charge in [0.2, 0.25) is 0 Å². The Balaban J connectivity index is 2.09. The van der Waals surface area contributed by atoms with E-state index in [2.05, 4.69) is 4.98 Å². The van der Waals surface area contributed by atoms with Crippen LogP contribution in [0.4, 0.5) is 13.2 Å². The zero-order chi connectivity index (χ0) is 16.9. The Bertz CT molecular complexity index is 535. The zero-order valence-corrected chi connectivity index (χ0v) is 12.8. The number of halogens is 3. The number of likely N-dealkylation sites (tertiary alicyclic amines) is 1. The van der Waals surface area contributed by atoms with Crippen molar-refractivity contribution in [3.05, 3.63) is 24.0 Å². The molecule has 128 valence electrons. The Morgan fingerprint density at radius 1 is 1.48 bits per heavy atom. The van der Waals surface area contributed by atoms with Gasteiger partial charge in [0.1, 0.15) is 0 Å². The van der Waals surface area contributed by atoms with Gasteiger partial charge in [-0.2, -0.15) is 13.2 Å². The third-order valence-electron chi connectivity index (χ3n) is 3.43. The number of hydrogen-bond donors (Lipinski definition) is 0. The monoisotopic (exact) mass is 332 g/mol. The number of hydrogen-bond acceptors (Lipinski definition) is 4. The lowest BCUT2D eigenvalue weighted by Crippen LogP contribution is -2.43. The molecule has 1 aliphatic rings. The lowest BCUT2D eigenvalue weighted by Gasteiger charge is -2.32. The third kappa shape index (κ3) is 5.09. The molecular weight excluding hydrogens is 313 g/mol. The molecule has 0 bridgehead atoms. The Morgan fingerprint density at radius 2 is 2.26 bits per heavy atom. The van der Waals surface area contributed by atoms with E-state index < -0.39 is 18.7 Å². The minimum absolute atomic E-state index is 0.0547. The molecule has 2 rings (SSSR count). The van der Waals surface area contributed by atoms with Crippen molar-refractivity contribution in [1.82, 2.24) is 9.88 Å². The second-order valence-corrected chi connectivity index (χ2v) is 5.22. The van der Waals surface area contributed by atoms with Gasteiger partial charge >= 0.3 is 6.18 Å². The molecule has 23 heavy (non-hydrogen) atoms. The highest BCUT2D eigenvalue weighted by Gasteiger charge is 2.31. The van der Waals surface area contributed by atoms with Crippen LogP contribution in [0.1, 0.15) is 30.3 Å². The van der Waals surface area contributed by atoms with E-state index in [0.717, 1.165) is 12.8 Å². The molecule has 1 aromatic rings. The summed E-state index contributed by atoms with van der Waals surface area (Å²) in [5.41, 5.74) is -0.103. The van der Waals surface area contributed by atoms with Crippen LogP contribution in [0.2, 0.25) is 0 Å². The van der Waals surface area contributed by atoms with Crippen LogP contribution < -0.4 is 4.74 Å². The maximum absolute atomic E-state index is 12.5. The van der Waals surface area contributed by atoms with E-state index in [4.69, 9.17) is 9.47 Å². The fourth-order valence-electron chi connectivity index (χ4n) is 2.47. The van der Waals surface area contributed by atoms with Crippen molar-refractivity contribution in [2.24, 2.45) is 0 Å². The topological polar surface area (TPSA) is 51.7 Å². The van der Waals surface area contributed by atoms with E-state index in [1.165, 1.54) is 18.3 Å². The van der Waals surface area contributed by atoms with Crippen LogP contribution in [0, 0.1) is 0 Å². The van der Waals surface area contributed by atoms with Crippen LogP contribution >= 0.6 is 0 Å². The Labute approximate surface area is 132 Å². The Morgan fingerprint density at radius 3 is 2.96 bits per heavy atom. The smallest absolute Gasteiger partial charge is 0.422 e. The number of alkyl halides is 3. The summed E-state index contributed by atoms with van der Waals surface area (Å²) in [6.45, 7) is 1.90. The molecule has 1 saturated heterocycles. The lowest BCUT2D eigenvalue weighted by atomic mass is 10.1. The standard InChI is InChI=1S/C15H19F3N2O3/c1-2-22-11-5-4-8-20(9-11)14(21)13-12(6-3-7-19-13)23-10-15(16,17)18/h3,6-7,11H,2,4-5,8-10H2,1H3/t11-/m1/s1. The molecule has 1 atom stereocenters. The molecule has 0 spiro atoms. The number of pyridine rings is 1. The fraction of sp³-hybridized carbons (Fsp3) is 0.600. The number of amides is 1. The van der Waals surface area contributed by atoms with Gasteiger partial charge in [-0.25, -0.2) is 4.98 Å². The average Bonchev–Trinajstić information content (AvgIpc) is 2.52. The lowest BCUT2D eigenvalue weighted by molar-refractivity contribution is -0.153. The normalized spacial score (nSPS) is 18.8. The van der Waals surface area contributed by atoms with E-state index in [1.54, 1.807) is 4.90 Å². The van der Waals surface area contributed by atoms with Gasteiger partial charge in [-0.05, 0) is 31.9 Å². The number of rotatable bonds is 5. The molecular formula is C15H19F3N2O3.